The molecule has 0 aliphatic rings. The molecular weight excluding hydrogens is 248 g/mol. The first-order chi connectivity index (χ1) is 9.15. The van der Waals surface area contributed by atoms with Crippen molar-refractivity contribution in [3.63, 3.8) is 0 Å². The van der Waals surface area contributed by atoms with Gasteiger partial charge in [-0.15, -0.1) is 0 Å². The number of carbonyl (C=O) groups is 2. The van der Waals surface area contributed by atoms with Crippen LogP contribution < -0.4 is 5.32 Å². The minimum Gasteiger partial charge on any atom is -0.481 e. The third-order valence-electron chi connectivity index (χ3n) is 2.32. The SMILES string of the molecule is O=C(O)CCC(=O)Nc1cnn(-c2ccccn2)c1. The number of hydrogen-bond donors (Lipinski definition) is 2. The van der Waals surface area contributed by atoms with Gasteiger partial charge in [0.15, 0.2) is 5.82 Å². The fourth-order valence-electron chi connectivity index (χ4n) is 1.45. The molecule has 2 aromatic heterocycles. The second kappa shape index (κ2) is 5.76. The lowest BCUT2D eigenvalue weighted by atomic mass is 10.3. The molecule has 2 aromatic rings. The van der Waals surface area contributed by atoms with E-state index < -0.39 is 5.97 Å². The number of nitrogens with one attached hydrogen (secondary N) is 1. The van der Waals surface area contributed by atoms with Crippen LogP contribution in [0.2, 0.25) is 0 Å². The smallest absolute Gasteiger partial charge is 0.303 e. The maximum absolute atomic E-state index is 11.4. The van der Waals surface area contributed by atoms with Crippen molar-refractivity contribution in [3.8, 4) is 5.82 Å². The average molecular weight is 260 g/mol. The molecule has 7 nitrogen and oxygen atoms in total. The van der Waals surface area contributed by atoms with E-state index in [4.69, 9.17) is 5.11 Å². The molecule has 2 N–H and O–H groups in total. The van der Waals surface area contributed by atoms with Crippen molar-refractivity contribution in [2.45, 2.75) is 12.8 Å². The summed E-state index contributed by atoms with van der Waals surface area (Å²) in [7, 11) is 0. The van der Waals surface area contributed by atoms with Gasteiger partial charge in [-0.2, -0.15) is 5.10 Å². The number of hydrogen-bond acceptors (Lipinski definition) is 4. The van der Waals surface area contributed by atoms with Crippen LogP contribution in [0, 0.1) is 0 Å². The van der Waals surface area contributed by atoms with E-state index in [-0.39, 0.29) is 18.7 Å². The van der Waals surface area contributed by atoms with Crippen LogP contribution in [0.15, 0.2) is 36.8 Å². The maximum Gasteiger partial charge on any atom is 0.303 e. The summed E-state index contributed by atoms with van der Waals surface area (Å²) in [5, 5.41) is 15.1. The summed E-state index contributed by atoms with van der Waals surface area (Å²) in [5.41, 5.74) is 0.501. The highest BCUT2D eigenvalue weighted by molar-refractivity contribution is 5.92. The number of pyridine rings is 1. The lowest BCUT2D eigenvalue weighted by molar-refractivity contribution is -0.138. The highest BCUT2D eigenvalue weighted by atomic mass is 16.4. The minimum absolute atomic E-state index is 0.0654. The number of amides is 1. The van der Waals surface area contributed by atoms with E-state index in [9.17, 15) is 9.59 Å². The van der Waals surface area contributed by atoms with Gasteiger partial charge >= 0.3 is 5.97 Å². The van der Waals surface area contributed by atoms with E-state index in [1.54, 1.807) is 24.5 Å². The Bertz CT molecular complexity index is 580. The molecule has 0 saturated carbocycles. The molecule has 0 atom stereocenters. The lowest BCUT2D eigenvalue weighted by Crippen LogP contribution is -2.12. The molecule has 7 heteroatoms. The highest BCUT2D eigenvalue weighted by Gasteiger charge is 2.07. The molecule has 1 amide bonds. The van der Waals surface area contributed by atoms with Gasteiger partial charge in [0.2, 0.25) is 5.91 Å². The van der Waals surface area contributed by atoms with Gasteiger partial charge in [-0.05, 0) is 12.1 Å². The average Bonchev–Trinajstić information content (AvgIpc) is 2.86. The Labute approximate surface area is 108 Å². The summed E-state index contributed by atoms with van der Waals surface area (Å²) in [6, 6.07) is 5.40. The van der Waals surface area contributed by atoms with Crippen molar-refractivity contribution in [2.24, 2.45) is 0 Å². The first kappa shape index (κ1) is 12.7. The summed E-state index contributed by atoms with van der Waals surface area (Å²) >= 11 is 0. The standard InChI is InChI=1S/C12H12N4O3/c17-11(4-5-12(18)19)15-9-7-14-16(8-9)10-3-1-2-6-13-10/h1-3,6-8H,4-5H2,(H,15,17)(H,18,19). The van der Waals surface area contributed by atoms with E-state index in [0.29, 0.717) is 11.5 Å². The van der Waals surface area contributed by atoms with Crippen LogP contribution >= 0.6 is 0 Å². The van der Waals surface area contributed by atoms with Crippen LogP contribution in [-0.2, 0) is 9.59 Å². The number of rotatable bonds is 5. The second-order valence-corrected chi connectivity index (χ2v) is 3.80. The summed E-state index contributed by atoms with van der Waals surface area (Å²) in [4.78, 5) is 25.9. The molecule has 0 aliphatic heterocycles. The molecule has 0 aliphatic carbocycles. The lowest BCUT2D eigenvalue weighted by Gasteiger charge is -2.00. The largest absolute Gasteiger partial charge is 0.481 e. The van der Waals surface area contributed by atoms with Gasteiger partial charge in [0, 0.05) is 12.6 Å². The van der Waals surface area contributed by atoms with E-state index >= 15 is 0 Å². The Hall–Kier alpha value is -2.70. The van der Waals surface area contributed by atoms with Gasteiger partial charge in [0.05, 0.1) is 24.5 Å². The quantitative estimate of drug-likeness (QED) is 0.838. The van der Waals surface area contributed by atoms with Crippen molar-refractivity contribution < 1.29 is 14.7 Å². The maximum atomic E-state index is 11.4. The zero-order valence-electron chi connectivity index (χ0n) is 9.98. The molecular formula is C12H12N4O3. The fraction of sp³-hybridized carbons (Fsp3) is 0.167. The summed E-state index contributed by atoms with van der Waals surface area (Å²) in [6.07, 6.45) is 4.47. The fourth-order valence-corrected chi connectivity index (χ4v) is 1.45. The van der Waals surface area contributed by atoms with Crippen LogP contribution in [0.4, 0.5) is 5.69 Å². The Morgan fingerprint density at radius 3 is 2.84 bits per heavy atom. The second-order valence-electron chi connectivity index (χ2n) is 3.80. The van der Waals surface area contributed by atoms with Gasteiger partial charge in [0.1, 0.15) is 0 Å². The molecule has 98 valence electrons. The van der Waals surface area contributed by atoms with E-state index in [1.165, 1.54) is 10.9 Å². The normalized spacial score (nSPS) is 10.1. The van der Waals surface area contributed by atoms with Crippen LogP contribution in [0.25, 0.3) is 5.82 Å². The Kier molecular flexibility index (Phi) is 3.87. The molecule has 2 rings (SSSR count). The summed E-state index contributed by atoms with van der Waals surface area (Å²) < 4.78 is 1.52. The highest BCUT2D eigenvalue weighted by Crippen LogP contribution is 2.09. The molecule has 0 unspecified atom stereocenters. The molecule has 0 spiro atoms. The molecule has 2 heterocycles. The van der Waals surface area contributed by atoms with Crippen LogP contribution in [0.3, 0.4) is 0 Å². The third-order valence-corrected chi connectivity index (χ3v) is 2.32. The van der Waals surface area contributed by atoms with Crippen molar-refractivity contribution >= 4 is 17.6 Å². The summed E-state index contributed by atoms with van der Waals surface area (Å²) in [6.45, 7) is 0. The minimum atomic E-state index is -1.00. The van der Waals surface area contributed by atoms with Gasteiger partial charge < -0.3 is 10.4 Å². The Morgan fingerprint density at radius 2 is 2.16 bits per heavy atom. The first-order valence-corrected chi connectivity index (χ1v) is 5.63. The van der Waals surface area contributed by atoms with Gasteiger partial charge in [0.25, 0.3) is 0 Å². The first-order valence-electron chi connectivity index (χ1n) is 5.63. The number of aliphatic carboxylic acids is 1. The monoisotopic (exact) mass is 260 g/mol. The predicted molar refractivity (Wildman–Crippen MR) is 66.9 cm³/mol. The summed E-state index contributed by atoms with van der Waals surface area (Å²) in [5.74, 6) is -0.726. The predicted octanol–water partition coefficient (Wildman–Crippen LogP) is 1.07. The van der Waals surface area contributed by atoms with Crippen LogP contribution in [0.1, 0.15) is 12.8 Å². The zero-order chi connectivity index (χ0) is 13.7. The Balaban J connectivity index is 1.98. The van der Waals surface area contributed by atoms with E-state index in [0.717, 1.165) is 0 Å². The molecule has 0 radical (unpaired) electrons. The molecule has 0 aromatic carbocycles. The van der Waals surface area contributed by atoms with Gasteiger partial charge in [-0.3, -0.25) is 9.59 Å². The Morgan fingerprint density at radius 1 is 1.32 bits per heavy atom. The van der Waals surface area contributed by atoms with E-state index in [1.807, 2.05) is 6.07 Å². The van der Waals surface area contributed by atoms with E-state index in [2.05, 4.69) is 15.4 Å². The third kappa shape index (κ3) is 3.63. The molecule has 0 bridgehead atoms. The number of aromatic nitrogens is 3. The molecule has 0 fully saturated rings. The van der Waals surface area contributed by atoms with Crippen LogP contribution in [-0.4, -0.2) is 31.7 Å². The molecule has 0 saturated heterocycles. The van der Waals surface area contributed by atoms with Gasteiger partial charge in [-0.1, -0.05) is 6.07 Å². The number of nitrogens with zero attached hydrogens (tertiary/aromatic N) is 3. The van der Waals surface area contributed by atoms with Gasteiger partial charge in [-0.25, -0.2) is 9.67 Å². The number of carboxylic acids is 1. The van der Waals surface area contributed by atoms with Crippen molar-refractivity contribution in [2.75, 3.05) is 5.32 Å². The van der Waals surface area contributed by atoms with Crippen molar-refractivity contribution in [1.29, 1.82) is 0 Å². The van der Waals surface area contributed by atoms with Crippen LogP contribution in [0.5, 0.6) is 0 Å². The van der Waals surface area contributed by atoms with Crippen molar-refractivity contribution in [1.82, 2.24) is 14.8 Å². The number of anilines is 1. The van der Waals surface area contributed by atoms with Crippen molar-refractivity contribution in [3.05, 3.63) is 36.8 Å². The molecule has 19 heavy (non-hydrogen) atoms. The topological polar surface area (TPSA) is 97.1 Å². The zero-order valence-corrected chi connectivity index (χ0v) is 9.98. The number of carboxylic acid groups (broad SMARTS) is 1. The number of carbonyl (C=O) groups excluding carboxylic acids is 1.